The second kappa shape index (κ2) is 14.4. The van der Waals surface area contributed by atoms with Gasteiger partial charge >= 0.3 is 0 Å². The summed E-state index contributed by atoms with van der Waals surface area (Å²) in [5.74, 6) is -0.330. The largest absolute Gasteiger partial charge is 0.352 e. The fourth-order valence-corrected chi connectivity index (χ4v) is 5.14. The Morgan fingerprint density at radius 1 is 1.00 bits per heavy atom. The monoisotopic (exact) mass is 560 g/mol. The van der Waals surface area contributed by atoms with Crippen molar-refractivity contribution in [3.8, 4) is 0 Å². The van der Waals surface area contributed by atoms with Crippen LogP contribution in [-0.4, -0.2) is 34.6 Å². The van der Waals surface area contributed by atoms with E-state index in [1.54, 1.807) is 41.3 Å². The van der Waals surface area contributed by atoms with Crippen LogP contribution in [0.5, 0.6) is 0 Å². The van der Waals surface area contributed by atoms with Gasteiger partial charge in [-0.05, 0) is 48.2 Å². The fourth-order valence-electron chi connectivity index (χ4n) is 3.78. The van der Waals surface area contributed by atoms with Gasteiger partial charge in [-0.2, -0.15) is 0 Å². The van der Waals surface area contributed by atoms with Crippen molar-refractivity contribution in [2.75, 3.05) is 5.75 Å². The molecule has 0 radical (unpaired) electrons. The molecule has 0 bridgehead atoms. The molecule has 3 aromatic carbocycles. The van der Waals surface area contributed by atoms with E-state index < -0.39 is 6.04 Å². The Morgan fingerprint density at radius 3 is 2.38 bits per heavy atom. The average Bonchev–Trinajstić information content (AvgIpc) is 2.88. The molecule has 0 aliphatic rings. The highest BCUT2D eigenvalue weighted by Crippen LogP contribution is 2.25. The molecule has 196 valence electrons. The van der Waals surface area contributed by atoms with E-state index in [4.69, 9.17) is 23.2 Å². The van der Waals surface area contributed by atoms with E-state index in [0.29, 0.717) is 33.3 Å². The summed E-state index contributed by atoms with van der Waals surface area (Å²) in [7, 11) is 0. The Labute approximate surface area is 232 Å². The van der Waals surface area contributed by atoms with E-state index >= 15 is 0 Å². The number of nitrogens with zero attached hydrogens (tertiary/aromatic N) is 1. The Balaban J connectivity index is 1.89. The summed E-state index contributed by atoms with van der Waals surface area (Å²) >= 11 is 13.9. The maximum absolute atomic E-state index is 14.1. The lowest BCUT2D eigenvalue weighted by Crippen LogP contribution is -2.52. The molecule has 2 amide bonds. The molecule has 0 unspecified atom stereocenters. The SMILES string of the molecule is CC[C@@H](C)NC(=O)[C@H](Cc1ccccc1)N(Cc1ccc(Cl)cc1Cl)C(=O)CSCc1ccccc1F. The highest BCUT2D eigenvalue weighted by molar-refractivity contribution is 7.99. The molecule has 4 nitrogen and oxygen atoms in total. The first kappa shape index (κ1) is 29.0. The Morgan fingerprint density at radius 2 is 1.70 bits per heavy atom. The third kappa shape index (κ3) is 8.77. The number of halogens is 3. The zero-order valence-corrected chi connectivity index (χ0v) is 23.3. The van der Waals surface area contributed by atoms with Crippen molar-refractivity contribution < 1.29 is 14.0 Å². The maximum Gasteiger partial charge on any atom is 0.243 e. The molecule has 0 saturated carbocycles. The minimum atomic E-state index is -0.760. The third-order valence-electron chi connectivity index (χ3n) is 6.07. The number of benzene rings is 3. The van der Waals surface area contributed by atoms with Crippen molar-refractivity contribution in [3.05, 3.63) is 105 Å². The van der Waals surface area contributed by atoms with Crippen LogP contribution >= 0.6 is 35.0 Å². The fraction of sp³-hybridized carbons (Fsp3) is 0.310. The number of carbonyl (C=O) groups is 2. The summed E-state index contributed by atoms with van der Waals surface area (Å²) in [6.45, 7) is 4.07. The van der Waals surface area contributed by atoms with Crippen LogP contribution in [0, 0.1) is 5.82 Å². The van der Waals surface area contributed by atoms with E-state index in [2.05, 4.69) is 5.32 Å². The molecule has 0 heterocycles. The van der Waals surface area contributed by atoms with Gasteiger partial charge in [0, 0.05) is 34.8 Å². The molecule has 0 aliphatic heterocycles. The van der Waals surface area contributed by atoms with Crippen LogP contribution in [0.3, 0.4) is 0 Å². The minimum absolute atomic E-state index is 0.0442. The summed E-state index contributed by atoms with van der Waals surface area (Å²) in [6, 6.07) is 20.4. The molecule has 3 rings (SSSR count). The summed E-state index contributed by atoms with van der Waals surface area (Å²) in [4.78, 5) is 28.7. The van der Waals surface area contributed by atoms with Gasteiger partial charge in [0.05, 0.1) is 5.75 Å². The number of hydrogen-bond acceptors (Lipinski definition) is 3. The Kier molecular flexibility index (Phi) is 11.3. The summed E-state index contributed by atoms with van der Waals surface area (Å²) < 4.78 is 14.1. The predicted molar refractivity (Wildman–Crippen MR) is 151 cm³/mol. The van der Waals surface area contributed by atoms with Crippen LogP contribution in [0.25, 0.3) is 0 Å². The number of carbonyl (C=O) groups excluding carboxylic acids is 2. The molecular formula is C29H31Cl2FN2O2S. The smallest absolute Gasteiger partial charge is 0.243 e. The molecule has 2 atom stereocenters. The van der Waals surface area contributed by atoms with Gasteiger partial charge in [0.15, 0.2) is 0 Å². The molecule has 0 spiro atoms. The molecule has 0 saturated heterocycles. The van der Waals surface area contributed by atoms with E-state index in [-0.39, 0.29) is 36.0 Å². The van der Waals surface area contributed by atoms with Crippen LogP contribution in [0.15, 0.2) is 72.8 Å². The topological polar surface area (TPSA) is 49.4 Å². The van der Waals surface area contributed by atoms with Crippen molar-refractivity contribution in [3.63, 3.8) is 0 Å². The zero-order valence-electron chi connectivity index (χ0n) is 20.9. The number of rotatable bonds is 12. The van der Waals surface area contributed by atoms with Crippen molar-refractivity contribution in [2.24, 2.45) is 0 Å². The van der Waals surface area contributed by atoms with Gasteiger partial charge in [-0.15, -0.1) is 11.8 Å². The van der Waals surface area contributed by atoms with Crippen molar-refractivity contribution in [1.29, 1.82) is 0 Å². The van der Waals surface area contributed by atoms with Gasteiger partial charge < -0.3 is 10.2 Å². The first-order valence-electron chi connectivity index (χ1n) is 12.2. The maximum atomic E-state index is 14.1. The van der Waals surface area contributed by atoms with Gasteiger partial charge in [-0.1, -0.05) is 84.7 Å². The van der Waals surface area contributed by atoms with Crippen LogP contribution in [0.4, 0.5) is 4.39 Å². The molecular weight excluding hydrogens is 530 g/mol. The van der Waals surface area contributed by atoms with Crippen molar-refractivity contribution >= 4 is 46.8 Å². The third-order valence-corrected chi connectivity index (χ3v) is 7.62. The van der Waals surface area contributed by atoms with Gasteiger partial charge in [-0.3, -0.25) is 9.59 Å². The summed E-state index contributed by atoms with van der Waals surface area (Å²) in [6.07, 6.45) is 1.11. The second-order valence-electron chi connectivity index (χ2n) is 8.86. The number of amides is 2. The average molecular weight is 562 g/mol. The first-order chi connectivity index (χ1) is 17.8. The van der Waals surface area contributed by atoms with Crippen LogP contribution in [0.2, 0.25) is 10.0 Å². The molecule has 8 heteroatoms. The number of thioether (sulfide) groups is 1. The first-order valence-corrected chi connectivity index (χ1v) is 14.1. The van der Waals surface area contributed by atoms with E-state index in [9.17, 15) is 14.0 Å². The zero-order chi connectivity index (χ0) is 26.8. The molecule has 3 aromatic rings. The minimum Gasteiger partial charge on any atom is -0.352 e. The van der Waals surface area contributed by atoms with Gasteiger partial charge in [0.1, 0.15) is 11.9 Å². The second-order valence-corrected chi connectivity index (χ2v) is 10.7. The van der Waals surface area contributed by atoms with E-state index in [1.165, 1.54) is 17.8 Å². The lowest BCUT2D eigenvalue weighted by atomic mass is 10.0. The molecule has 0 aliphatic carbocycles. The molecule has 1 N–H and O–H groups in total. The molecule has 37 heavy (non-hydrogen) atoms. The highest BCUT2D eigenvalue weighted by atomic mass is 35.5. The quantitative estimate of drug-likeness (QED) is 0.261. The van der Waals surface area contributed by atoms with Crippen molar-refractivity contribution in [2.45, 2.75) is 51.1 Å². The van der Waals surface area contributed by atoms with E-state index in [0.717, 1.165) is 12.0 Å². The van der Waals surface area contributed by atoms with Gasteiger partial charge in [-0.25, -0.2) is 4.39 Å². The number of hydrogen-bond donors (Lipinski definition) is 1. The summed E-state index contributed by atoms with van der Waals surface area (Å²) in [5.41, 5.74) is 2.15. The Bertz CT molecular complexity index is 1200. The predicted octanol–water partition coefficient (Wildman–Crippen LogP) is 6.92. The van der Waals surface area contributed by atoms with Crippen molar-refractivity contribution in [1.82, 2.24) is 10.2 Å². The lowest BCUT2D eigenvalue weighted by molar-refractivity contribution is -0.139. The Hall–Kier alpha value is -2.54. The molecule has 0 fully saturated rings. The summed E-state index contributed by atoms with van der Waals surface area (Å²) in [5, 5.41) is 3.95. The van der Waals surface area contributed by atoms with Crippen LogP contribution in [0.1, 0.15) is 37.0 Å². The van der Waals surface area contributed by atoms with Gasteiger partial charge in [0.25, 0.3) is 0 Å². The van der Waals surface area contributed by atoms with Gasteiger partial charge in [0.2, 0.25) is 11.8 Å². The van der Waals surface area contributed by atoms with E-state index in [1.807, 2.05) is 44.2 Å². The standard InChI is InChI=1S/C29H31Cl2FN2O2S/c1-3-20(2)33-29(36)27(15-21-9-5-4-6-10-21)34(17-22-13-14-24(30)16-25(22)31)28(35)19-37-18-23-11-7-8-12-26(23)32/h4-14,16,20,27H,3,15,17-19H2,1-2H3,(H,33,36)/t20-,27+/m1/s1. The molecule has 0 aromatic heterocycles. The highest BCUT2D eigenvalue weighted by Gasteiger charge is 2.31. The lowest BCUT2D eigenvalue weighted by Gasteiger charge is -2.32. The van der Waals surface area contributed by atoms with Crippen LogP contribution in [-0.2, 0) is 28.3 Å². The normalized spacial score (nSPS) is 12.6. The number of nitrogens with one attached hydrogen (secondary N) is 1. The van der Waals surface area contributed by atoms with Crippen LogP contribution < -0.4 is 5.32 Å².